The number of nitrogens with zero attached hydrogens (tertiary/aromatic N) is 1. The molecule has 0 atom stereocenters. The van der Waals surface area contributed by atoms with Gasteiger partial charge >= 0.3 is 6.03 Å². The molecule has 0 saturated carbocycles. The van der Waals surface area contributed by atoms with E-state index in [1.807, 2.05) is 38.1 Å². The third kappa shape index (κ3) is 5.56. The van der Waals surface area contributed by atoms with Gasteiger partial charge in [0.15, 0.2) is 0 Å². The van der Waals surface area contributed by atoms with Crippen LogP contribution in [-0.4, -0.2) is 15.9 Å². The molecule has 3 aromatic carbocycles. The van der Waals surface area contributed by atoms with Crippen molar-refractivity contribution in [3.05, 3.63) is 109 Å². The molecule has 2 amide bonds. The van der Waals surface area contributed by atoms with E-state index in [0.29, 0.717) is 27.8 Å². The second-order valence-electron chi connectivity index (χ2n) is 8.09. The van der Waals surface area contributed by atoms with Gasteiger partial charge in [-0.3, -0.25) is 4.79 Å². The summed E-state index contributed by atoms with van der Waals surface area (Å²) >= 11 is 12.1. The van der Waals surface area contributed by atoms with Crippen LogP contribution in [0.2, 0.25) is 10.0 Å². The van der Waals surface area contributed by atoms with Crippen molar-refractivity contribution in [3.63, 3.8) is 0 Å². The zero-order chi connectivity index (χ0) is 23.5. The average Bonchev–Trinajstić information content (AvgIpc) is 2.75. The van der Waals surface area contributed by atoms with Crippen molar-refractivity contribution in [2.45, 2.75) is 26.9 Å². The molecule has 1 aromatic heterocycles. The van der Waals surface area contributed by atoms with E-state index in [0.717, 1.165) is 27.6 Å². The fourth-order valence-electron chi connectivity index (χ4n) is 3.82. The molecule has 2 N–H and O–H groups in total. The maximum Gasteiger partial charge on any atom is 0.322 e. The average molecular weight is 480 g/mol. The number of aryl methyl sites for hydroxylation is 2. The second kappa shape index (κ2) is 9.69. The summed E-state index contributed by atoms with van der Waals surface area (Å²) in [6.45, 7) is 4.43. The Balaban J connectivity index is 1.68. The van der Waals surface area contributed by atoms with Gasteiger partial charge in [-0.15, -0.1) is 0 Å². The van der Waals surface area contributed by atoms with E-state index in [1.54, 1.807) is 41.3 Å². The Hall–Kier alpha value is -3.28. The molecule has 168 valence electrons. The molecule has 0 aliphatic carbocycles. The number of anilines is 1. The number of hydrogen-bond acceptors (Lipinski definition) is 2. The molecule has 0 unspecified atom stereocenters. The quantitative estimate of drug-likeness (QED) is 0.334. The van der Waals surface area contributed by atoms with Crippen molar-refractivity contribution in [1.82, 2.24) is 9.88 Å². The zero-order valence-electron chi connectivity index (χ0n) is 18.3. The topological polar surface area (TPSA) is 65.2 Å². The van der Waals surface area contributed by atoms with Crippen LogP contribution in [0.5, 0.6) is 0 Å². The molecule has 0 bridgehead atoms. The molecule has 0 saturated heterocycles. The largest absolute Gasteiger partial charge is 0.322 e. The van der Waals surface area contributed by atoms with Gasteiger partial charge in [-0.25, -0.2) is 4.79 Å². The maximum absolute atomic E-state index is 13.2. The third-order valence-corrected chi connectivity index (χ3v) is 5.89. The number of urea groups is 1. The van der Waals surface area contributed by atoms with Gasteiger partial charge in [-0.1, -0.05) is 47.5 Å². The number of carbonyl (C=O) groups excluding carboxylic acids is 1. The monoisotopic (exact) mass is 479 g/mol. The summed E-state index contributed by atoms with van der Waals surface area (Å²) in [5.41, 5.74) is 4.68. The number of fused-ring (bicyclic) bond motifs is 1. The molecule has 4 aromatic rings. The Kier molecular flexibility index (Phi) is 6.72. The summed E-state index contributed by atoms with van der Waals surface area (Å²) in [6, 6.07) is 19.8. The number of carbonyl (C=O) groups is 1. The van der Waals surface area contributed by atoms with Crippen molar-refractivity contribution in [3.8, 4) is 0 Å². The van der Waals surface area contributed by atoms with Crippen LogP contribution in [0.1, 0.15) is 22.3 Å². The highest BCUT2D eigenvalue weighted by Crippen LogP contribution is 2.21. The van der Waals surface area contributed by atoms with Gasteiger partial charge < -0.3 is 15.2 Å². The number of hydrogen-bond donors (Lipinski definition) is 2. The van der Waals surface area contributed by atoms with E-state index in [-0.39, 0.29) is 18.1 Å². The number of halogens is 2. The van der Waals surface area contributed by atoms with E-state index < -0.39 is 0 Å². The first-order valence-electron chi connectivity index (χ1n) is 10.5. The predicted molar refractivity (Wildman–Crippen MR) is 135 cm³/mol. The minimum Gasteiger partial charge on any atom is -0.322 e. The summed E-state index contributed by atoms with van der Waals surface area (Å²) in [6.07, 6.45) is 0. The molecular weight excluding hydrogens is 457 g/mol. The van der Waals surface area contributed by atoms with E-state index in [9.17, 15) is 9.59 Å². The fourth-order valence-corrected chi connectivity index (χ4v) is 4.13. The first-order chi connectivity index (χ1) is 15.8. The lowest BCUT2D eigenvalue weighted by atomic mass is 10.0. The van der Waals surface area contributed by atoms with Gasteiger partial charge in [0.2, 0.25) is 0 Å². The summed E-state index contributed by atoms with van der Waals surface area (Å²) < 4.78 is 0. The van der Waals surface area contributed by atoms with Gasteiger partial charge in [0.1, 0.15) is 0 Å². The molecule has 7 heteroatoms. The van der Waals surface area contributed by atoms with Crippen molar-refractivity contribution < 1.29 is 4.79 Å². The zero-order valence-corrected chi connectivity index (χ0v) is 19.8. The van der Waals surface area contributed by atoms with Gasteiger partial charge in [-0.2, -0.15) is 0 Å². The second-order valence-corrected chi connectivity index (χ2v) is 8.96. The van der Waals surface area contributed by atoms with Gasteiger partial charge in [0.25, 0.3) is 5.56 Å². The Bertz CT molecular complexity index is 1380. The lowest BCUT2D eigenvalue weighted by molar-refractivity contribution is 0.206. The highest BCUT2D eigenvalue weighted by Gasteiger charge is 2.18. The van der Waals surface area contributed by atoms with Gasteiger partial charge in [-0.05, 0) is 73.0 Å². The van der Waals surface area contributed by atoms with Crippen LogP contribution in [0.3, 0.4) is 0 Å². The Morgan fingerprint density at radius 1 is 0.939 bits per heavy atom. The standard InChI is InChI=1S/C26H23Cl2N3O2/c1-16-10-17(2)23-12-19(25(32)30-24(23)11-16)15-31(14-18-6-8-20(27)9-7-18)26(33)29-22-5-3-4-21(28)13-22/h3-13H,14-15H2,1-2H3,(H,29,33)(H,30,32). The molecule has 33 heavy (non-hydrogen) atoms. The smallest absolute Gasteiger partial charge is 0.322 e. The van der Waals surface area contributed by atoms with Crippen molar-refractivity contribution in [2.75, 3.05) is 5.32 Å². The van der Waals surface area contributed by atoms with Crippen LogP contribution in [0.4, 0.5) is 10.5 Å². The number of aromatic nitrogens is 1. The maximum atomic E-state index is 13.2. The summed E-state index contributed by atoms with van der Waals surface area (Å²) in [5.74, 6) is 0. The predicted octanol–water partition coefficient (Wildman–Crippen LogP) is 6.69. The van der Waals surface area contributed by atoms with E-state index in [4.69, 9.17) is 23.2 Å². The first-order valence-corrected chi connectivity index (χ1v) is 11.2. The number of pyridine rings is 1. The minimum absolute atomic E-state index is 0.133. The van der Waals surface area contributed by atoms with Gasteiger partial charge in [0, 0.05) is 38.7 Å². The van der Waals surface area contributed by atoms with Crippen LogP contribution in [-0.2, 0) is 13.1 Å². The van der Waals surface area contributed by atoms with Crippen molar-refractivity contribution >= 4 is 45.8 Å². The first kappa shape index (κ1) is 22.9. The molecule has 5 nitrogen and oxygen atoms in total. The fraction of sp³-hybridized carbons (Fsp3) is 0.154. The normalized spacial score (nSPS) is 10.9. The van der Waals surface area contributed by atoms with Crippen LogP contribution in [0.25, 0.3) is 10.9 Å². The molecule has 1 heterocycles. The number of rotatable bonds is 5. The van der Waals surface area contributed by atoms with Crippen LogP contribution >= 0.6 is 23.2 Å². The molecule has 0 aliphatic rings. The summed E-state index contributed by atoms with van der Waals surface area (Å²) in [5, 5.41) is 4.97. The molecular formula is C26H23Cl2N3O2. The highest BCUT2D eigenvalue weighted by molar-refractivity contribution is 6.31. The van der Waals surface area contributed by atoms with Crippen LogP contribution < -0.4 is 10.9 Å². The number of aromatic amines is 1. The SMILES string of the molecule is Cc1cc(C)c2cc(CN(Cc3ccc(Cl)cc3)C(=O)Nc3cccc(Cl)c3)c(=O)[nH]c2c1. The van der Waals surface area contributed by atoms with Crippen molar-refractivity contribution in [1.29, 1.82) is 0 Å². The Morgan fingerprint density at radius 2 is 1.70 bits per heavy atom. The van der Waals surface area contributed by atoms with E-state index >= 15 is 0 Å². The van der Waals surface area contributed by atoms with Crippen molar-refractivity contribution in [2.24, 2.45) is 0 Å². The van der Waals surface area contributed by atoms with Gasteiger partial charge in [0.05, 0.1) is 6.54 Å². The molecule has 4 rings (SSSR count). The lowest BCUT2D eigenvalue weighted by Gasteiger charge is -2.23. The minimum atomic E-state index is -0.340. The van der Waals surface area contributed by atoms with E-state index in [1.165, 1.54) is 0 Å². The summed E-state index contributed by atoms with van der Waals surface area (Å²) in [4.78, 5) is 30.6. The molecule has 0 radical (unpaired) electrons. The number of H-pyrrole nitrogens is 1. The molecule has 0 aliphatic heterocycles. The lowest BCUT2D eigenvalue weighted by Crippen LogP contribution is -2.35. The molecule has 0 fully saturated rings. The Labute approximate surface area is 202 Å². The highest BCUT2D eigenvalue weighted by atomic mass is 35.5. The number of amides is 2. The number of benzene rings is 3. The molecule has 0 spiro atoms. The van der Waals surface area contributed by atoms with Crippen LogP contribution in [0, 0.1) is 13.8 Å². The van der Waals surface area contributed by atoms with Crippen LogP contribution in [0.15, 0.2) is 71.5 Å². The third-order valence-electron chi connectivity index (χ3n) is 5.40. The number of nitrogens with one attached hydrogen (secondary N) is 2. The van der Waals surface area contributed by atoms with E-state index in [2.05, 4.69) is 16.4 Å². The Morgan fingerprint density at radius 3 is 2.42 bits per heavy atom. The summed E-state index contributed by atoms with van der Waals surface area (Å²) in [7, 11) is 0.